The lowest BCUT2D eigenvalue weighted by Gasteiger charge is -2.43. The second-order valence-electron chi connectivity index (χ2n) is 6.94. The summed E-state index contributed by atoms with van der Waals surface area (Å²) in [6, 6.07) is 4.95. The van der Waals surface area contributed by atoms with Gasteiger partial charge in [-0.2, -0.15) is 0 Å². The molecule has 0 unspecified atom stereocenters. The summed E-state index contributed by atoms with van der Waals surface area (Å²) in [6.07, 6.45) is 2.37. The Morgan fingerprint density at radius 1 is 1.27 bits per heavy atom. The maximum atomic E-state index is 5.65. The van der Waals surface area contributed by atoms with Crippen LogP contribution in [0.3, 0.4) is 0 Å². The Morgan fingerprint density at radius 2 is 1.95 bits per heavy atom. The number of hydrogen-bond acceptors (Lipinski definition) is 3. The van der Waals surface area contributed by atoms with Crippen molar-refractivity contribution in [2.24, 2.45) is 0 Å². The molecule has 0 aliphatic carbocycles. The summed E-state index contributed by atoms with van der Waals surface area (Å²) in [5.41, 5.74) is 5.20. The van der Waals surface area contributed by atoms with E-state index >= 15 is 0 Å². The first-order chi connectivity index (χ1) is 10.3. The highest BCUT2D eigenvalue weighted by Gasteiger charge is 2.31. The highest BCUT2D eigenvalue weighted by molar-refractivity contribution is 5.82. The highest BCUT2D eigenvalue weighted by Crippen LogP contribution is 2.41. The number of methoxy groups -OCH3 is 1. The third kappa shape index (κ3) is 3.14. The van der Waals surface area contributed by atoms with Crippen molar-refractivity contribution in [1.29, 1.82) is 0 Å². The molecular formula is C19H30N2O. The first kappa shape index (κ1) is 16.9. The van der Waals surface area contributed by atoms with Gasteiger partial charge in [0.15, 0.2) is 0 Å². The molecule has 2 rings (SSSR count). The maximum absolute atomic E-state index is 5.65. The number of fused-ring (bicyclic) bond motifs is 1. The summed E-state index contributed by atoms with van der Waals surface area (Å²) < 4.78 is 5.65. The van der Waals surface area contributed by atoms with Crippen LogP contribution in [0.5, 0.6) is 5.75 Å². The molecule has 0 saturated carbocycles. The standard InChI is InChI=1S/C19H30N2O/c1-8-21-17-10-18(22-7)15(12-20-13(2)3)9-16(17)14(4)11-19(21,5)6/h9-11,13,20H,8,12H2,1-7H3. The van der Waals surface area contributed by atoms with Gasteiger partial charge in [-0.05, 0) is 39.3 Å². The van der Waals surface area contributed by atoms with Gasteiger partial charge in [0, 0.05) is 42.0 Å². The van der Waals surface area contributed by atoms with Crippen LogP contribution in [-0.4, -0.2) is 25.2 Å². The maximum Gasteiger partial charge on any atom is 0.125 e. The van der Waals surface area contributed by atoms with Crippen LogP contribution >= 0.6 is 0 Å². The summed E-state index contributed by atoms with van der Waals surface area (Å²) >= 11 is 0. The molecule has 1 aliphatic rings. The molecule has 1 N–H and O–H groups in total. The molecule has 0 atom stereocenters. The molecule has 1 aliphatic heterocycles. The van der Waals surface area contributed by atoms with Crippen LogP contribution in [-0.2, 0) is 6.54 Å². The number of nitrogens with one attached hydrogen (secondary N) is 1. The predicted octanol–water partition coefficient (Wildman–Crippen LogP) is 4.22. The third-order valence-electron chi connectivity index (χ3n) is 4.40. The fourth-order valence-corrected chi connectivity index (χ4v) is 3.37. The summed E-state index contributed by atoms with van der Waals surface area (Å²) in [5.74, 6) is 0.968. The Balaban J connectivity index is 2.51. The van der Waals surface area contributed by atoms with Crippen LogP contribution in [0.4, 0.5) is 5.69 Å². The number of nitrogens with zero attached hydrogens (tertiary/aromatic N) is 1. The van der Waals surface area contributed by atoms with E-state index < -0.39 is 0 Å². The summed E-state index contributed by atoms with van der Waals surface area (Å²) in [5, 5.41) is 3.49. The van der Waals surface area contributed by atoms with Gasteiger partial charge in [0.1, 0.15) is 5.75 Å². The van der Waals surface area contributed by atoms with Gasteiger partial charge in [-0.3, -0.25) is 0 Å². The summed E-state index contributed by atoms with van der Waals surface area (Å²) in [4.78, 5) is 2.44. The molecule has 0 spiro atoms. The smallest absolute Gasteiger partial charge is 0.125 e. The molecule has 0 amide bonds. The Morgan fingerprint density at radius 3 is 2.50 bits per heavy atom. The molecule has 1 aromatic carbocycles. The fraction of sp³-hybridized carbons (Fsp3) is 0.579. The van der Waals surface area contributed by atoms with Crippen molar-refractivity contribution in [3.63, 3.8) is 0 Å². The van der Waals surface area contributed by atoms with Gasteiger partial charge in [-0.25, -0.2) is 0 Å². The van der Waals surface area contributed by atoms with Gasteiger partial charge in [0.05, 0.1) is 12.6 Å². The van der Waals surface area contributed by atoms with E-state index in [1.165, 1.54) is 22.4 Å². The third-order valence-corrected chi connectivity index (χ3v) is 4.40. The zero-order valence-electron chi connectivity index (χ0n) is 15.1. The van der Waals surface area contributed by atoms with E-state index in [4.69, 9.17) is 4.74 Å². The molecule has 3 nitrogen and oxygen atoms in total. The van der Waals surface area contributed by atoms with Crippen LogP contribution in [0.1, 0.15) is 52.7 Å². The number of benzene rings is 1. The van der Waals surface area contributed by atoms with E-state index in [0.29, 0.717) is 6.04 Å². The molecule has 0 aromatic heterocycles. The number of hydrogen-bond donors (Lipinski definition) is 1. The van der Waals surface area contributed by atoms with Gasteiger partial charge in [0.2, 0.25) is 0 Å². The monoisotopic (exact) mass is 302 g/mol. The Hall–Kier alpha value is -1.48. The van der Waals surface area contributed by atoms with Crippen molar-refractivity contribution in [2.45, 2.75) is 59.7 Å². The normalized spacial score (nSPS) is 16.5. The predicted molar refractivity (Wildman–Crippen MR) is 95.7 cm³/mol. The van der Waals surface area contributed by atoms with E-state index in [1.807, 2.05) is 0 Å². The van der Waals surface area contributed by atoms with E-state index in [1.54, 1.807) is 7.11 Å². The molecule has 1 aromatic rings. The van der Waals surface area contributed by atoms with Crippen LogP contribution in [0.2, 0.25) is 0 Å². The van der Waals surface area contributed by atoms with Crippen LogP contribution in [0.15, 0.2) is 18.2 Å². The lowest BCUT2D eigenvalue weighted by atomic mass is 9.87. The second kappa shape index (κ2) is 6.33. The number of ether oxygens (including phenoxy) is 1. The molecule has 0 saturated heterocycles. The minimum atomic E-state index is 0.0363. The molecule has 0 radical (unpaired) electrons. The minimum absolute atomic E-state index is 0.0363. The topological polar surface area (TPSA) is 24.5 Å². The molecule has 0 bridgehead atoms. The number of anilines is 1. The molecule has 1 heterocycles. The molecule has 122 valence electrons. The Bertz CT molecular complexity index is 573. The lowest BCUT2D eigenvalue weighted by molar-refractivity contribution is 0.406. The lowest BCUT2D eigenvalue weighted by Crippen LogP contribution is -2.45. The zero-order chi connectivity index (χ0) is 16.5. The van der Waals surface area contributed by atoms with Crippen molar-refractivity contribution < 1.29 is 4.74 Å². The van der Waals surface area contributed by atoms with Crippen LogP contribution < -0.4 is 15.0 Å². The average molecular weight is 302 g/mol. The first-order valence-electron chi connectivity index (χ1n) is 8.22. The van der Waals surface area contributed by atoms with Crippen LogP contribution in [0, 0.1) is 0 Å². The Kier molecular flexibility index (Phi) is 4.86. The molecule has 3 heteroatoms. The van der Waals surface area contributed by atoms with Gasteiger partial charge in [-0.1, -0.05) is 19.9 Å². The number of likely N-dealkylation sites (N-methyl/N-ethyl adjacent to an activating group) is 1. The van der Waals surface area contributed by atoms with Crippen molar-refractivity contribution in [3.05, 3.63) is 29.3 Å². The largest absolute Gasteiger partial charge is 0.496 e. The van der Waals surface area contributed by atoms with E-state index in [0.717, 1.165) is 18.8 Å². The fourth-order valence-electron chi connectivity index (χ4n) is 3.37. The van der Waals surface area contributed by atoms with Crippen molar-refractivity contribution >= 4 is 11.3 Å². The van der Waals surface area contributed by atoms with Crippen molar-refractivity contribution in [3.8, 4) is 5.75 Å². The average Bonchev–Trinajstić information content (AvgIpc) is 2.43. The summed E-state index contributed by atoms with van der Waals surface area (Å²) in [7, 11) is 1.76. The number of allylic oxidation sites excluding steroid dienone is 1. The SMILES string of the molecule is CCN1c2cc(OC)c(CNC(C)C)cc2C(C)=CC1(C)C. The Labute approximate surface area is 135 Å². The highest BCUT2D eigenvalue weighted by atomic mass is 16.5. The van der Waals surface area contributed by atoms with E-state index in [9.17, 15) is 0 Å². The van der Waals surface area contributed by atoms with Gasteiger partial charge < -0.3 is 15.0 Å². The quantitative estimate of drug-likeness (QED) is 0.881. The van der Waals surface area contributed by atoms with Gasteiger partial charge in [0.25, 0.3) is 0 Å². The second-order valence-corrected chi connectivity index (χ2v) is 6.94. The summed E-state index contributed by atoms with van der Waals surface area (Å²) in [6.45, 7) is 15.1. The molecule has 0 fully saturated rings. The number of rotatable bonds is 5. The van der Waals surface area contributed by atoms with E-state index in [2.05, 4.69) is 70.0 Å². The van der Waals surface area contributed by atoms with Crippen molar-refractivity contribution in [2.75, 3.05) is 18.6 Å². The van der Waals surface area contributed by atoms with Crippen LogP contribution in [0.25, 0.3) is 5.57 Å². The first-order valence-corrected chi connectivity index (χ1v) is 8.22. The molecule has 22 heavy (non-hydrogen) atoms. The van der Waals surface area contributed by atoms with Gasteiger partial charge in [-0.15, -0.1) is 0 Å². The minimum Gasteiger partial charge on any atom is -0.496 e. The van der Waals surface area contributed by atoms with E-state index in [-0.39, 0.29) is 5.54 Å². The van der Waals surface area contributed by atoms with Gasteiger partial charge >= 0.3 is 0 Å². The molecular weight excluding hydrogens is 272 g/mol. The zero-order valence-corrected chi connectivity index (χ0v) is 15.1. The van der Waals surface area contributed by atoms with Crippen molar-refractivity contribution in [1.82, 2.24) is 5.32 Å².